The molecule has 0 aliphatic heterocycles. The van der Waals surface area contributed by atoms with E-state index in [4.69, 9.17) is 10.1 Å². The summed E-state index contributed by atoms with van der Waals surface area (Å²) in [6.45, 7) is 4.50. The third-order valence-electron chi connectivity index (χ3n) is 5.46. The molecule has 0 bridgehead atoms. The van der Waals surface area contributed by atoms with Crippen LogP contribution in [0.5, 0.6) is 0 Å². The van der Waals surface area contributed by atoms with Crippen molar-refractivity contribution in [3.63, 3.8) is 0 Å². The summed E-state index contributed by atoms with van der Waals surface area (Å²) in [6.07, 6.45) is 3.58. The first kappa shape index (κ1) is 20.5. The second kappa shape index (κ2) is 9.40. The van der Waals surface area contributed by atoms with Crippen LogP contribution >= 0.6 is 0 Å². The van der Waals surface area contributed by atoms with Crippen LogP contribution < -0.4 is 0 Å². The van der Waals surface area contributed by atoms with Gasteiger partial charge < -0.3 is 0 Å². The molecule has 0 saturated carbocycles. The highest BCUT2D eigenvalue weighted by Gasteiger charge is 2.13. The van der Waals surface area contributed by atoms with Crippen molar-refractivity contribution in [2.75, 3.05) is 0 Å². The average molecular weight is 434 g/mol. The zero-order chi connectivity index (χ0) is 22.5. The Kier molecular flexibility index (Phi) is 5.84. The van der Waals surface area contributed by atoms with E-state index in [1.54, 1.807) is 0 Å². The van der Waals surface area contributed by atoms with Crippen LogP contribution in [0.3, 0.4) is 0 Å². The Labute approximate surface area is 191 Å². The normalized spacial score (nSPS) is 10.9. The second-order valence-electron chi connectivity index (χ2n) is 7.68. The van der Waals surface area contributed by atoms with Gasteiger partial charge in [0, 0.05) is 17.5 Å². The summed E-state index contributed by atoms with van der Waals surface area (Å²) in [6, 6.07) is 26.6. The number of allylic oxidation sites excluding steroid dienone is 1. The lowest BCUT2D eigenvalue weighted by Gasteiger charge is -2.09. The molecular formula is C26H23N7. The zero-order valence-corrected chi connectivity index (χ0v) is 18.1. The summed E-state index contributed by atoms with van der Waals surface area (Å²) in [7, 11) is 0. The van der Waals surface area contributed by atoms with E-state index >= 15 is 0 Å². The van der Waals surface area contributed by atoms with Gasteiger partial charge in [0.05, 0.1) is 6.54 Å². The zero-order valence-electron chi connectivity index (χ0n) is 18.1. The highest BCUT2D eigenvalue weighted by molar-refractivity contribution is 5.80. The molecule has 0 aliphatic carbocycles. The highest BCUT2D eigenvalue weighted by atomic mass is 15.5. The molecule has 0 saturated heterocycles. The molecule has 5 rings (SSSR count). The number of tetrazole rings is 1. The van der Waals surface area contributed by atoms with Crippen molar-refractivity contribution in [2.45, 2.75) is 19.4 Å². The summed E-state index contributed by atoms with van der Waals surface area (Å²) in [4.78, 5) is 4.80. The smallest absolute Gasteiger partial charge is 0.205 e. The van der Waals surface area contributed by atoms with Crippen LogP contribution in [0, 0.1) is 0 Å². The van der Waals surface area contributed by atoms with Crippen LogP contribution in [0.4, 0.5) is 0 Å². The van der Waals surface area contributed by atoms with E-state index in [0.717, 1.165) is 52.3 Å². The number of aromatic nitrogens is 7. The molecule has 0 atom stereocenters. The number of hydrogen-bond acceptors (Lipinski definition) is 5. The van der Waals surface area contributed by atoms with Crippen LogP contribution in [0.2, 0.25) is 0 Å². The Morgan fingerprint density at radius 1 is 0.818 bits per heavy atom. The fraction of sp³-hybridized carbons (Fsp3) is 0.115. The number of nitrogens with one attached hydrogen (secondary N) is 1. The van der Waals surface area contributed by atoms with Gasteiger partial charge in [-0.1, -0.05) is 84.9 Å². The molecule has 0 spiro atoms. The lowest BCUT2D eigenvalue weighted by atomic mass is 9.98. The quantitative estimate of drug-likeness (QED) is 0.350. The molecular weight excluding hydrogens is 410 g/mol. The number of rotatable bonds is 8. The van der Waals surface area contributed by atoms with Gasteiger partial charge in [-0.15, -0.1) is 16.8 Å². The molecule has 0 radical (unpaired) electrons. The summed E-state index contributed by atoms with van der Waals surface area (Å²) in [5.41, 5.74) is 5.26. The van der Waals surface area contributed by atoms with E-state index in [0.29, 0.717) is 12.4 Å². The Morgan fingerprint density at radius 2 is 1.58 bits per heavy atom. The molecule has 0 fully saturated rings. The number of nitrogens with zero attached hydrogens (tertiary/aromatic N) is 6. The molecule has 2 heterocycles. The lowest BCUT2D eigenvalue weighted by Crippen LogP contribution is -2.07. The Balaban J connectivity index is 1.42. The van der Waals surface area contributed by atoms with Gasteiger partial charge in [0.25, 0.3) is 0 Å². The van der Waals surface area contributed by atoms with Crippen LogP contribution in [-0.2, 0) is 13.0 Å². The van der Waals surface area contributed by atoms with E-state index in [1.807, 2.05) is 59.3 Å². The van der Waals surface area contributed by atoms with Crippen molar-refractivity contribution in [1.82, 2.24) is 35.4 Å². The van der Waals surface area contributed by atoms with Crippen molar-refractivity contribution in [1.29, 1.82) is 0 Å². The van der Waals surface area contributed by atoms with Crippen molar-refractivity contribution in [3.8, 4) is 33.9 Å². The van der Waals surface area contributed by atoms with Crippen LogP contribution in [-0.4, -0.2) is 35.4 Å². The van der Waals surface area contributed by atoms with Crippen molar-refractivity contribution >= 4 is 0 Å². The highest BCUT2D eigenvalue weighted by Crippen LogP contribution is 2.30. The maximum Gasteiger partial charge on any atom is 0.205 e. The number of aryl methyl sites for hydroxylation is 1. The van der Waals surface area contributed by atoms with E-state index < -0.39 is 0 Å². The summed E-state index contributed by atoms with van der Waals surface area (Å²) >= 11 is 0. The second-order valence-corrected chi connectivity index (χ2v) is 7.68. The van der Waals surface area contributed by atoms with E-state index in [-0.39, 0.29) is 0 Å². The lowest BCUT2D eigenvalue weighted by molar-refractivity contribution is 0.636. The molecule has 5 aromatic rings. The molecule has 2 aromatic heterocycles. The largest absolute Gasteiger partial charge is 0.245 e. The van der Waals surface area contributed by atoms with Gasteiger partial charge >= 0.3 is 0 Å². The van der Waals surface area contributed by atoms with Crippen LogP contribution in [0.1, 0.15) is 17.8 Å². The fourth-order valence-electron chi connectivity index (χ4n) is 3.79. The molecule has 7 heteroatoms. The Bertz CT molecular complexity index is 1340. The van der Waals surface area contributed by atoms with Gasteiger partial charge in [0.1, 0.15) is 5.82 Å². The Morgan fingerprint density at radius 3 is 2.30 bits per heavy atom. The maximum atomic E-state index is 4.80. The van der Waals surface area contributed by atoms with Gasteiger partial charge in [0.2, 0.25) is 5.82 Å². The first-order valence-corrected chi connectivity index (χ1v) is 10.8. The molecule has 3 aromatic carbocycles. The minimum atomic E-state index is 0.581. The monoisotopic (exact) mass is 433 g/mol. The van der Waals surface area contributed by atoms with Gasteiger partial charge in [-0.05, 0) is 28.3 Å². The van der Waals surface area contributed by atoms with Gasteiger partial charge in [0.15, 0.2) is 5.82 Å². The van der Waals surface area contributed by atoms with Crippen molar-refractivity contribution < 1.29 is 0 Å². The summed E-state index contributed by atoms with van der Waals surface area (Å²) in [5, 5.41) is 19.3. The SMILES string of the molecule is C=CCCc1nc(-c2ccccc2)nn1Cc1ccc(-c2ccccc2-c2nn[nH]n2)cc1. The predicted molar refractivity (Wildman–Crippen MR) is 128 cm³/mol. The molecule has 162 valence electrons. The van der Waals surface area contributed by atoms with E-state index in [9.17, 15) is 0 Å². The molecule has 7 nitrogen and oxygen atoms in total. The minimum Gasteiger partial charge on any atom is -0.245 e. The van der Waals surface area contributed by atoms with Gasteiger partial charge in [-0.3, -0.25) is 0 Å². The summed E-state index contributed by atoms with van der Waals surface area (Å²) < 4.78 is 1.99. The third-order valence-corrected chi connectivity index (χ3v) is 5.46. The fourth-order valence-corrected chi connectivity index (χ4v) is 3.79. The standard InChI is InChI=1S/C26H23N7/c1-2-3-13-24-27-25(21-9-5-4-6-10-21)30-33(24)18-19-14-16-20(17-15-19)22-11-7-8-12-23(22)26-28-31-32-29-26/h2,4-12,14-17H,1,3,13,18H2,(H,28,29,31,32). The first-order valence-electron chi connectivity index (χ1n) is 10.8. The average Bonchev–Trinajstić information content (AvgIpc) is 3.54. The van der Waals surface area contributed by atoms with Gasteiger partial charge in [-0.25, -0.2) is 9.67 Å². The number of benzene rings is 3. The van der Waals surface area contributed by atoms with Crippen molar-refractivity contribution in [3.05, 3.63) is 103 Å². The number of hydrogen-bond donors (Lipinski definition) is 1. The minimum absolute atomic E-state index is 0.581. The van der Waals surface area contributed by atoms with Gasteiger partial charge in [-0.2, -0.15) is 10.3 Å². The summed E-state index contributed by atoms with van der Waals surface area (Å²) in [5.74, 6) is 2.29. The molecule has 0 aliphatic rings. The topological polar surface area (TPSA) is 85.2 Å². The Hall–Kier alpha value is -4.39. The first-order chi connectivity index (χ1) is 16.3. The van der Waals surface area contributed by atoms with Crippen molar-refractivity contribution in [2.24, 2.45) is 0 Å². The molecule has 33 heavy (non-hydrogen) atoms. The number of H-pyrrole nitrogens is 1. The van der Waals surface area contributed by atoms with Crippen LogP contribution in [0.25, 0.3) is 33.9 Å². The predicted octanol–water partition coefficient (Wildman–Crippen LogP) is 4.96. The van der Waals surface area contributed by atoms with Crippen LogP contribution in [0.15, 0.2) is 91.5 Å². The third kappa shape index (κ3) is 4.48. The van der Waals surface area contributed by atoms with E-state index in [2.05, 4.69) is 57.5 Å². The number of aromatic amines is 1. The maximum absolute atomic E-state index is 4.80. The van der Waals surface area contributed by atoms with E-state index in [1.165, 1.54) is 0 Å². The molecule has 0 unspecified atom stereocenters. The molecule has 1 N–H and O–H groups in total. The molecule has 0 amide bonds.